The summed E-state index contributed by atoms with van der Waals surface area (Å²) in [6, 6.07) is 24.1. The van der Waals surface area contributed by atoms with Crippen molar-refractivity contribution in [2.75, 3.05) is 80.8 Å². The molecule has 2 fully saturated rings. The second-order valence-corrected chi connectivity index (χ2v) is 17.0. The van der Waals surface area contributed by atoms with Crippen molar-refractivity contribution >= 4 is 68.0 Å². The number of anilines is 4. The third-order valence-electron chi connectivity index (χ3n) is 10.7. The smallest absolute Gasteiger partial charge is 0.262 e. The van der Waals surface area contributed by atoms with Crippen LogP contribution in [0, 0.1) is 0 Å². The van der Waals surface area contributed by atoms with Crippen LogP contribution in [0.1, 0.15) is 33.6 Å². The molecule has 3 aromatic carbocycles. The maximum absolute atomic E-state index is 13.1. The molecule has 0 radical (unpaired) electrons. The molecule has 19 heteroatoms. The number of hydrogen-bond donors (Lipinski definition) is 4. The second-order valence-electron chi connectivity index (χ2n) is 14.9. The van der Waals surface area contributed by atoms with Gasteiger partial charge in [-0.15, -0.1) is 5.10 Å². The zero-order chi connectivity index (χ0) is 42.7. The summed E-state index contributed by atoms with van der Waals surface area (Å²) in [5.74, 6) is -1.84. The molecule has 4 N–H and O–H groups in total. The number of pyridine rings is 1. The first-order valence-electron chi connectivity index (χ1n) is 19.9. The van der Waals surface area contributed by atoms with Gasteiger partial charge in [0.2, 0.25) is 23.7 Å². The van der Waals surface area contributed by atoms with Gasteiger partial charge in [0.25, 0.3) is 11.8 Å². The number of piperidine rings is 1. The van der Waals surface area contributed by atoms with E-state index in [0.29, 0.717) is 50.1 Å². The molecule has 0 spiro atoms. The van der Waals surface area contributed by atoms with Crippen molar-refractivity contribution in [3.05, 3.63) is 96.1 Å². The number of aromatic nitrogens is 3. The summed E-state index contributed by atoms with van der Waals surface area (Å²) in [6.07, 6.45) is 1.34. The SMILES string of the molecule is CS(=O)(=O)c1ccc(-c2cccc3nc(Nc4ccc(N5CCN(CC(=O)NCCOCCNc6ccc7c(c6)C(=O)N(C6CCC(=O)NC6=O)C7=O)CC5)cc4)nn23)cc1. The van der Waals surface area contributed by atoms with Crippen molar-refractivity contribution in [3.8, 4) is 11.3 Å². The van der Waals surface area contributed by atoms with Gasteiger partial charge in [0.05, 0.1) is 41.5 Å². The Bertz CT molecular complexity index is 2610. The number of piperazine rings is 1. The number of nitrogens with one attached hydrogen (secondary N) is 4. The Hall–Kier alpha value is -6.70. The molecule has 2 saturated heterocycles. The number of imide groups is 2. The van der Waals surface area contributed by atoms with Gasteiger partial charge in [0.15, 0.2) is 15.5 Å². The number of sulfone groups is 1. The monoisotopic (exact) mass is 848 g/mol. The lowest BCUT2D eigenvalue weighted by Gasteiger charge is -2.35. The number of carbonyl (C=O) groups is 5. The molecule has 8 rings (SSSR count). The maximum Gasteiger partial charge on any atom is 0.262 e. The highest BCUT2D eigenvalue weighted by Crippen LogP contribution is 2.30. The van der Waals surface area contributed by atoms with Crippen molar-refractivity contribution in [1.29, 1.82) is 0 Å². The van der Waals surface area contributed by atoms with Crippen LogP contribution < -0.4 is 26.2 Å². The predicted molar refractivity (Wildman–Crippen MR) is 225 cm³/mol. The number of carbonyl (C=O) groups excluding carboxylic acids is 5. The molecule has 316 valence electrons. The molecule has 0 bridgehead atoms. The van der Waals surface area contributed by atoms with Crippen molar-refractivity contribution in [1.82, 2.24) is 35.0 Å². The topological polar surface area (TPSA) is 217 Å². The number of amides is 5. The van der Waals surface area contributed by atoms with Crippen LogP contribution >= 0.6 is 0 Å². The van der Waals surface area contributed by atoms with Crippen molar-refractivity contribution in [2.45, 2.75) is 23.8 Å². The Morgan fingerprint density at radius 1 is 0.852 bits per heavy atom. The summed E-state index contributed by atoms with van der Waals surface area (Å²) in [6.45, 7) is 4.73. The molecule has 3 aliphatic rings. The van der Waals surface area contributed by atoms with E-state index in [1.54, 1.807) is 47.0 Å². The molecule has 1 atom stereocenters. The molecular weight excluding hydrogens is 805 g/mol. The van der Waals surface area contributed by atoms with Gasteiger partial charge in [-0.25, -0.2) is 12.9 Å². The number of fused-ring (bicyclic) bond motifs is 2. The quantitative estimate of drug-likeness (QED) is 0.0879. The third kappa shape index (κ3) is 9.23. The molecule has 5 amide bonds. The van der Waals surface area contributed by atoms with E-state index in [9.17, 15) is 32.4 Å². The predicted octanol–water partition coefficient (Wildman–Crippen LogP) is 2.31. The van der Waals surface area contributed by atoms with Gasteiger partial charge in [-0.05, 0) is 73.2 Å². The van der Waals surface area contributed by atoms with Gasteiger partial charge in [0, 0.05) is 74.6 Å². The summed E-state index contributed by atoms with van der Waals surface area (Å²) < 4.78 is 31.2. The second kappa shape index (κ2) is 17.5. The Morgan fingerprint density at radius 2 is 1.57 bits per heavy atom. The van der Waals surface area contributed by atoms with Gasteiger partial charge >= 0.3 is 0 Å². The number of benzene rings is 3. The van der Waals surface area contributed by atoms with E-state index in [1.165, 1.54) is 6.26 Å². The van der Waals surface area contributed by atoms with Crippen LogP contribution in [-0.4, -0.2) is 134 Å². The molecule has 61 heavy (non-hydrogen) atoms. The average Bonchev–Trinajstić information content (AvgIpc) is 3.77. The van der Waals surface area contributed by atoms with E-state index in [4.69, 9.17) is 4.74 Å². The van der Waals surface area contributed by atoms with Gasteiger partial charge < -0.3 is 25.6 Å². The largest absolute Gasteiger partial charge is 0.383 e. The summed E-state index contributed by atoms with van der Waals surface area (Å²) in [4.78, 5) is 72.6. The molecule has 1 unspecified atom stereocenters. The summed E-state index contributed by atoms with van der Waals surface area (Å²) in [5.41, 5.74) is 5.15. The van der Waals surface area contributed by atoms with Gasteiger partial charge in [-0.3, -0.25) is 39.1 Å². The lowest BCUT2D eigenvalue weighted by molar-refractivity contribution is -0.136. The molecule has 0 saturated carbocycles. The van der Waals surface area contributed by atoms with Crippen LogP contribution in [0.4, 0.5) is 23.0 Å². The number of ether oxygens (including phenoxy) is 1. The molecule has 5 aromatic rings. The Labute approximate surface area is 351 Å². The van der Waals surface area contributed by atoms with Gasteiger partial charge in [-0.2, -0.15) is 4.98 Å². The van der Waals surface area contributed by atoms with Crippen LogP contribution in [0.15, 0.2) is 89.8 Å². The fourth-order valence-electron chi connectivity index (χ4n) is 7.57. The molecule has 2 aromatic heterocycles. The van der Waals surface area contributed by atoms with E-state index in [2.05, 4.69) is 41.1 Å². The van der Waals surface area contributed by atoms with E-state index < -0.39 is 39.5 Å². The number of rotatable bonds is 15. The summed E-state index contributed by atoms with van der Waals surface area (Å²) in [5, 5.41) is 16.2. The first-order valence-corrected chi connectivity index (χ1v) is 21.7. The Balaban J connectivity index is 0.723. The third-order valence-corrected chi connectivity index (χ3v) is 11.9. The summed E-state index contributed by atoms with van der Waals surface area (Å²) in [7, 11) is -3.30. The zero-order valence-electron chi connectivity index (χ0n) is 33.3. The van der Waals surface area contributed by atoms with Crippen LogP contribution in [0.2, 0.25) is 0 Å². The van der Waals surface area contributed by atoms with Crippen LogP contribution in [0.5, 0.6) is 0 Å². The standard InChI is InChI=1S/C42H44N10O8S/c1-61(58,59)31-12-5-27(6-13-31)34-3-2-4-36-46-42(48-52(34)36)45-28-7-10-30(11-8-28)50-21-19-49(20-22-50)26-38(54)44-18-24-60-23-17-43-29-9-14-32-33(25-29)41(57)51(40(32)56)35-15-16-37(53)47-39(35)55/h2-14,25,35,43H,15-24,26H2,1H3,(H,44,54)(H,45,48)(H,47,53,55). The van der Waals surface area contributed by atoms with E-state index in [0.717, 1.165) is 53.7 Å². The van der Waals surface area contributed by atoms with Crippen LogP contribution in [-0.2, 0) is 29.0 Å². The highest BCUT2D eigenvalue weighted by Gasteiger charge is 2.44. The normalized spacial score (nSPS) is 17.1. The van der Waals surface area contributed by atoms with Crippen LogP contribution in [0.3, 0.4) is 0 Å². The highest BCUT2D eigenvalue weighted by atomic mass is 32.2. The van der Waals surface area contributed by atoms with E-state index >= 15 is 0 Å². The summed E-state index contributed by atoms with van der Waals surface area (Å²) >= 11 is 0. The fraction of sp³-hybridized carbons (Fsp3) is 0.310. The fourth-order valence-corrected chi connectivity index (χ4v) is 8.20. The average molecular weight is 849 g/mol. The Morgan fingerprint density at radius 3 is 2.31 bits per heavy atom. The number of hydrogen-bond acceptors (Lipinski definition) is 14. The lowest BCUT2D eigenvalue weighted by Crippen LogP contribution is -2.54. The van der Waals surface area contributed by atoms with E-state index in [-0.39, 0.29) is 34.8 Å². The molecule has 3 aliphatic heterocycles. The maximum atomic E-state index is 13.1. The zero-order valence-corrected chi connectivity index (χ0v) is 34.1. The minimum Gasteiger partial charge on any atom is -0.383 e. The van der Waals surface area contributed by atoms with Crippen LogP contribution in [0.25, 0.3) is 16.9 Å². The molecular formula is C42H44N10O8S. The number of nitrogens with zero attached hydrogens (tertiary/aromatic N) is 6. The minimum absolute atomic E-state index is 0.0580. The van der Waals surface area contributed by atoms with Crippen molar-refractivity contribution < 1.29 is 37.1 Å². The van der Waals surface area contributed by atoms with Gasteiger partial charge in [0.1, 0.15) is 6.04 Å². The lowest BCUT2D eigenvalue weighted by atomic mass is 10.0. The molecule has 0 aliphatic carbocycles. The van der Waals surface area contributed by atoms with Crippen molar-refractivity contribution in [2.24, 2.45) is 0 Å². The molecule has 18 nitrogen and oxygen atoms in total. The highest BCUT2D eigenvalue weighted by molar-refractivity contribution is 7.90. The molecule has 5 heterocycles. The van der Waals surface area contributed by atoms with E-state index in [1.807, 2.05) is 42.5 Å². The van der Waals surface area contributed by atoms with Gasteiger partial charge in [-0.1, -0.05) is 18.2 Å². The minimum atomic E-state index is -3.30. The van der Waals surface area contributed by atoms with Crippen molar-refractivity contribution in [3.63, 3.8) is 0 Å². The Kier molecular flexibility index (Phi) is 11.8. The first kappa shape index (κ1) is 41.1. The first-order chi connectivity index (χ1) is 29.4.